The minimum atomic E-state index is -0.261. The molecule has 5 nitrogen and oxygen atoms in total. The number of rotatable bonds is 1. The number of piperidine rings is 1. The Morgan fingerprint density at radius 2 is 2.18 bits per heavy atom. The molecule has 2 amide bonds. The number of carbonyl (C=O) groups is 2. The van der Waals surface area contributed by atoms with Crippen LogP contribution in [0.2, 0.25) is 0 Å². The van der Waals surface area contributed by atoms with Gasteiger partial charge >= 0.3 is 6.09 Å². The second-order valence-electron chi connectivity index (χ2n) is 6.24. The standard InChI is InChI=1S/C17H20N2O3/c1-2-22-17(21)18-8-7-13-14(10-18)12-5-3-4-11-6-9-19(15(11)12)16(13)20/h3-5,13-14H,2,6-10H2,1H3/t13-,14-/m0/s1. The van der Waals surface area contributed by atoms with Crippen LogP contribution in [-0.4, -0.2) is 43.1 Å². The molecule has 0 radical (unpaired) electrons. The van der Waals surface area contributed by atoms with E-state index in [1.807, 2.05) is 11.8 Å². The average Bonchev–Trinajstić information content (AvgIpc) is 2.97. The van der Waals surface area contributed by atoms with Gasteiger partial charge in [-0.2, -0.15) is 0 Å². The SMILES string of the molecule is CCOC(=O)N1CC[C@@H]2C(=O)N3CCc4cccc(c43)[C@@H]2C1. The number of hydrogen-bond donors (Lipinski definition) is 0. The zero-order valence-electron chi connectivity index (χ0n) is 12.7. The van der Waals surface area contributed by atoms with Crippen LogP contribution < -0.4 is 4.90 Å². The first-order valence-electron chi connectivity index (χ1n) is 8.05. The lowest BCUT2D eigenvalue weighted by Gasteiger charge is -2.43. The summed E-state index contributed by atoms with van der Waals surface area (Å²) < 4.78 is 5.12. The summed E-state index contributed by atoms with van der Waals surface area (Å²) in [5, 5.41) is 0. The average molecular weight is 300 g/mol. The summed E-state index contributed by atoms with van der Waals surface area (Å²) in [5.74, 6) is 0.354. The zero-order chi connectivity index (χ0) is 15.3. The molecule has 4 rings (SSSR count). The van der Waals surface area contributed by atoms with Crippen LogP contribution in [0, 0.1) is 5.92 Å². The molecule has 3 heterocycles. The van der Waals surface area contributed by atoms with Gasteiger partial charge in [-0.05, 0) is 30.9 Å². The molecule has 0 saturated carbocycles. The minimum Gasteiger partial charge on any atom is -0.450 e. The van der Waals surface area contributed by atoms with Crippen molar-refractivity contribution in [2.45, 2.75) is 25.7 Å². The molecule has 22 heavy (non-hydrogen) atoms. The van der Waals surface area contributed by atoms with Gasteiger partial charge in [-0.25, -0.2) is 4.79 Å². The zero-order valence-corrected chi connectivity index (χ0v) is 12.7. The van der Waals surface area contributed by atoms with Crippen LogP contribution in [0.15, 0.2) is 18.2 Å². The highest BCUT2D eigenvalue weighted by molar-refractivity contribution is 6.01. The molecule has 0 spiro atoms. The molecule has 3 aliphatic rings. The van der Waals surface area contributed by atoms with Crippen molar-refractivity contribution in [3.8, 4) is 0 Å². The fourth-order valence-corrected chi connectivity index (χ4v) is 4.15. The highest BCUT2D eigenvalue weighted by Crippen LogP contribution is 2.47. The van der Waals surface area contributed by atoms with Crippen LogP contribution in [0.1, 0.15) is 30.4 Å². The van der Waals surface area contributed by atoms with E-state index in [-0.39, 0.29) is 23.8 Å². The molecule has 0 bridgehead atoms. The molecular weight excluding hydrogens is 280 g/mol. The molecule has 1 aromatic carbocycles. The number of carbonyl (C=O) groups excluding carboxylic acids is 2. The predicted octanol–water partition coefficient (Wildman–Crippen LogP) is 2.15. The van der Waals surface area contributed by atoms with Crippen LogP contribution in [0.3, 0.4) is 0 Å². The molecule has 0 aliphatic carbocycles. The van der Waals surface area contributed by atoms with Crippen molar-refractivity contribution in [1.82, 2.24) is 4.90 Å². The monoisotopic (exact) mass is 300 g/mol. The lowest BCUT2D eigenvalue weighted by Crippen LogP contribution is -2.51. The largest absolute Gasteiger partial charge is 0.450 e. The number of likely N-dealkylation sites (tertiary alicyclic amines) is 1. The van der Waals surface area contributed by atoms with Crippen molar-refractivity contribution in [3.63, 3.8) is 0 Å². The second-order valence-corrected chi connectivity index (χ2v) is 6.24. The Kier molecular flexibility index (Phi) is 3.10. The van der Waals surface area contributed by atoms with Crippen LogP contribution in [-0.2, 0) is 16.0 Å². The Hall–Kier alpha value is -2.04. The maximum atomic E-state index is 12.8. The summed E-state index contributed by atoms with van der Waals surface area (Å²) in [6.07, 6.45) is 1.40. The number of hydrogen-bond acceptors (Lipinski definition) is 3. The van der Waals surface area contributed by atoms with Gasteiger partial charge in [0.2, 0.25) is 5.91 Å². The van der Waals surface area contributed by atoms with Crippen molar-refractivity contribution in [3.05, 3.63) is 29.3 Å². The first-order valence-corrected chi connectivity index (χ1v) is 8.05. The molecule has 3 aliphatic heterocycles. The van der Waals surface area contributed by atoms with Crippen LogP contribution in [0.4, 0.5) is 10.5 Å². The summed E-state index contributed by atoms with van der Waals surface area (Å²) in [4.78, 5) is 28.5. The quantitative estimate of drug-likeness (QED) is 0.798. The normalized spacial score (nSPS) is 25.8. The number of fused-ring (bicyclic) bond motifs is 2. The highest BCUT2D eigenvalue weighted by atomic mass is 16.6. The van der Waals surface area contributed by atoms with Gasteiger partial charge in [0.15, 0.2) is 0 Å². The van der Waals surface area contributed by atoms with Gasteiger partial charge in [0.05, 0.1) is 12.3 Å². The Morgan fingerprint density at radius 1 is 1.32 bits per heavy atom. The summed E-state index contributed by atoms with van der Waals surface area (Å²) >= 11 is 0. The van der Waals surface area contributed by atoms with Crippen LogP contribution >= 0.6 is 0 Å². The summed E-state index contributed by atoms with van der Waals surface area (Å²) in [7, 11) is 0. The first-order chi connectivity index (χ1) is 10.7. The van der Waals surface area contributed by atoms with E-state index in [1.54, 1.807) is 4.90 Å². The molecule has 1 fully saturated rings. The second kappa shape index (κ2) is 5.00. The van der Waals surface area contributed by atoms with Gasteiger partial charge in [-0.15, -0.1) is 0 Å². The van der Waals surface area contributed by atoms with Crippen molar-refractivity contribution in [2.75, 3.05) is 31.1 Å². The molecular formula is C17H20N2O3. The molecule has 116 valence electrons. The topological polar surface area (TPSA) is 49.9 Å². The van der Waals surface area contributed by atoms with E-state index in [0.29, 0.717) is 19.7 Å². The number of benzene rings is 1. The lowest BCUT2D eigenvalue weighted by molar-refractivity contribution is -0.124. The third-order valence-electron chi connectivity index (χ3n) is 5.15. The van der Waals surface area contributed by atoms with Gasteiger partial charge in [0.25, 0.3) is 0 Å². The fraction of sp³-hybridized carbons (Fsp3) is 0.529. The number of anilines is 1. The molecule has 1 aromatic rings. The number of para-hydroxylation sites is 1. The van der Waals surface area contributed by atoms with E-state index in [0.717, 1.165) is 25.1 Å². The van der Waals surface area contributed by atoms with Gasteiger partial charge in [0, 0.05) is 31.5 Å². The fourth-order valence-electron chi connectivity index (χ4n) is 4.15. The lowest BCUT2D eigenvalue weighted by atomic mass is 9.76. The van der Waals surface area contributed by atoms with E-state index < -0.39 is 0 Å². The Balaban J connectivity index is 1.70. The number of amides is 2. The molecule has 2 atom stereocenters. The van der Waals surface area contributed by atoms with E-state index in [9.17, 15) is 9.59 Å². The Morgan fingerprint density at radius 3 is 3.00 bits per heavy atom. The maximum Gasteiger partial charge on any atom is 0.409 e. The molecule has 1 saturated heterocycles. The van der Waals surface area contributed by atoms with E-state index in [4.69, 9.17) is 4.74 Å². The molecule has 0 aromatic heterocycles. The van der Waals surface area contributed by atoms with Crippen molar-refractivity contribution in [2.24, 2.45) is 5.92 Å². The first kappa shape index (κ1) is 13.6. The summed E-state index contributed by atoms with van der Waals surface area (Å²) in [6, 6.07) is 6.31. The van der Waals surface area contributed by atoms with Gasteiger partial charge < -0.3 is 14.5 Å². The molecule has 0 unspecified atom stereocenters. The summed E-state index contributed by atoms with van der Waals surface area (Å²) in [6.45, 7) is 4.19. The van der Waals surface area contributed by atoms with Crippen molar-refractivity contribution in [1.29, 1.82) is 0 Å². The van der Waals surface area contributed by atoms with Gasteiger partial charge in [-0.3, -0.25) is 4.79 Å². The Bertz CT molecular complexity index is 643. The third kappa shape index (κ3) is 1.84. The maximum absolute atomic E-state index is 12.8. The summed E-state index contributed by atoms with van der Waals surface area (Å²) in [5.41, 5.74) is 3.60. The van der Waals surface area contributed by atoms with E-state index in [2.05, 4.69) is 18.2 Å². The number of ether oxygens (including phenoxy) is 1. The molecule has 0 N–H and O–H groups in total. The van der Waals surface area contributed by atoms with Crippen molar-refractivity contribution < 1.29 is 14.3 Å². The minimum absolute atomic E-state index is 0.00604. The smallest absolute Gasteiger partial charge is 0.409 e. The predicted molar refractivity (Wildman–Crippen MR) is 81.9 cm³/mol. The number of nitrogens with zero attached hydrogens (tertiary/aromatic N) is 2. The van der Waals surface area contributed by atoms with Crippen LogP contribution in [0.25, 0.3) is 0 Å². The van der Waals surface area contributed by atoms with Crippen LogP contribution in [0.5, 0.6) is 0 Å². The molecule has 5 heteroatoms. The van der Waals surface area contributed by atoms with E-state index in [1.165, 1.54) is 11.1 Å². The van der Waals surface area contributed by atoms with Gasteiger partial charge in [0.1, 0.15) is 0 Å². The van der Waals surface area contributed by atoms with Gasteiger partial charge in [-0.1, -0.05) is 18.2 Å². The van der Waals surface area contributed by atoms with Crippen molar-refractivity contribution >= 4 is 17.7 Å². The third-order valence-corrected chi connectivity index (χ3v) is 5.15. The Labute approximate surface area is 129 Å². The van der Waals surface area contributed by atoms with E-state index >= 15 is 0 Å². The highest BCUT2D eigenvalue weighted by Gasteiger charge is 2.46.